The Kier molecular flexibility index (Phi) is 5.77. The van der Waals surface area contributed by atoms with Crippen LogP contribution in [0.4, 0.5) is 5.69 Å². The minimum Gasteiger partial charge on any atom is -0.493 e. The van der Waals surface area contributed by atoms with Crippen LogP contribution in [-0.4, -0.2) is 40.7 Å². The second-order valence-corrected chi connectivity index (χ2v) is 7.86. The maximum atomic E-state index is 12.8. The van der Waals surface area contributed by atoms with E-state index in [2.05, 4.69) is 4.99 Å². The Morgan fingerprint density at radius 2 is 1.81 bits per heavy atom. The molecule has 4 rings (SSSR count). The molecule has 1 aliphatic heterocycles. The number of hydrogen-bond acceptors (Lipinski definition) is 5. The summed E-state index contributed by atoms with van der Waals surface area (Å²) >= 11 is 1.29. The van der Waals surface area contributed by atoms with Crippen molar-refractivity contribution in [1.82, 2.24) is 4.90 Å². The molecule has 1 fully saturated rings. The van der Waals surface area contributed by atoms with Crippen LogP contribution in [-0.2, 0) is 4.79 Å². The number of carboxylic acids is 1. The summed E-state index contributed by atoms with van der Waals surface area (Å²) in [7, 11) is 1.68. The molecule has 0 radical (unpaired) electrons. The second-order valence-electron chi connectivity index (χ2n) is 6.85. The van der Waals surface area contributed by atoms with Gasteiger partial charge in [-0.15, -0.1) is 0 Å². The first-order chi connectivity index (χ1) is 15.0. The van der Waals surface area contributed by atoms with Gasteiger partial charge in [-0.3, -0.25) is 9.69 Å². The highest BCUT2D eigenvalue weighted by molar-refractivity contribution is 8.18. The summed E-state index contributed by atoms with van der Waals surface area (Å²) < 4.78 is 5.73. The summed E-state index contributed by atoms with van der Waals surface area (Å²) in [6, 6.07) is 18.0. The number of thioether (sulfide) groups is 1. The number of carbonyl (C=O) groups is 2. The third-order valence-corrected chi connectivity index (χ3v) is 5.91. The van der Waals surface area contributed by atoms with Gasteiger partial charge in [-0.2, -0.15) is 0 Å². The Morgan fingerprint density at radius 3 is 2.48 bits per heavy atom. The molecule has 0 atom stereocenters. The molecule has 1 N–H and O–H groups in total. The number of aromatic carboxylic acids is 1. The van der Waals surface area contributed by atoms with Crippen molar-refractivity contribution in [2.45, 2.75) is 6.92 Å². The van der Waals surface area contributed by atoms with Crippen molar-refractivity contribution in [2.24, 2.45) is 4.99 Å². The molecular formula is C24H20N2O4S. The smallest absolute Gasteiger partial charge is 0.335 e. The largest absolute Gasteiger partial charge is 0.493 e. The van der Waals surface area contributed by atoms with Crippen LogP contribution in [0.3, 0.4) is 0 Å². The quantitative estimate of drug-likeness (QED) is 0.563. The van der Waals surface area contributed by atoms with Gasteiger partial charge < -0.3 is 9.84 Å². The minimum atomic E-state index is -0.991. The molecule has 6 nitrogen and oxygen atoms in total. The Bertz CT molecular complexity index is 1230. The van der Waals surface area contributed by atoms with E-state index in [-0.39, 0.29) is 11.5 Å². The van der Waals surface area contributed by atoms with Crippen LogP contribution in [0.2, 0.25) is 0 Å². The summed E-state index contributed by atoms with van der Waals surface area (Å²) in [6.45, 7) is 2.53. The topological polar surface area (TPSA) is 79.2 Å². The molecule has 0 bridgehead atoms. The molecule has 0 spiro atoms. The number of carbonyl (C=O) groups excluding carboxylic acids is 1. The number of fused-ring (bicyclic) bond motifs is 1. The van der Waals surface area contributed by atoms with Crippen LogP contribution in [0, 0.1) is 0 Å². The fourth-order valence-electron chi connectivity index (χ4n) is 3.28. The van der Waals surface area contributed by atoms with Gasteiger partial charge in [0.05, 0.1) is 22.8 Å². The number of aliphatic imine (C=N–C) groups is 1. The molecule has 1 aliphatic rings. The average Bonchev–Trinajstić information content (AvgIpc) is 3.03. The molecule has 156 valence electrons. The molecule has 0 aliphatic carbocycles. The van der Waals surface area contributed by atoms with E-state index < -0.39 is 5.97 Å². The number of ether oxygens (including phenoxy) is 1. The standard InChI is InChI=1S/C24H20N2O4S/c1-3-30-20-13-10-16(18-6-4-5-7-19(18)20)14-21-22(27)26(2)24(31-21)25-17-11-8-15(9-12-17)23(28)29/h4-14H,3H2,1-2H3,(H,28,29)/b21-14-,25-24?. The number of rotatable bonds is 5. The van der Waals surface area contributed by atoms with Gasteiger partial charge in [-0.25, -0.2) is 9.79 Å². The van der Waals surface area contributed by atoms with Crippen LogP contribution >= 0.6 is 11.8 Å². The molecular weight excluding hydrogens is 412 g/mol. The van der Waals surface area contributed by atoms with Gasteiger partial charge in [0.15, 0.2) is 5.17 Å². The second kappa shape index (κ2) is 8.65. The molecule has 0 unspecified atom stereocenters. The van der Waals surface area contributed by atoms with Crippen molar-refractivity contribution >= 4 is 51.3 Å². The lowest BCUT2D eigenvalue weighted by atomic mass is 10.0. The van der Waals surface area contributed by atoms with Crippen LogP contribution in [0.1, 0.15) is 22.8 Å². The van der Waals surface area contributed by atoms with Crippen LogP contribution < -0.4 is 4.74 Å². The molecule has 3 aromatic carbocycles. The molecule has 7 heteroatoms. The van der Waals surface area contributed by atoms with Crippen molar-refractivity contribution in [3.8, 4) is 5.75 Å². The maximum Gasteiger partial charge on any atom is 0.335 e. The van der Waals surface area contributed by atoms with Gasteiger partial charge in [-0.1, -0.05) is 30.3 Å². The Labute approximate surface area is 183 Å². The van der Waals surface area contributed by atoms with Crippen molar-refractivity contribution in [2.75, 3.05) is 13.7 Å². The van der Waals surface area contributed by atoms with Gasteiger partial charge in [-0.05, 0) is 66.0 Å². The van der Waals surface area contributed by atoms with Gasteiger partial charge in [0.1, 0.15) is 5.75 Å². The normalized spacial score (nSPS) is 16.5. The van der Waals surface area contributed by atoms with Crippen molar-refractivity contribution in [1.29, 1.82) is 0 Å². The molecule has 1 amide bonds. The zero-order chi connectivity index (χ0) is 22.0. The molecule has 3 aromatic rings. The number of hydrogen-bond donors (Lipinski definition) is 1. The number of carboxylic acid groups (broad SMARTS) is 1. The summed E-state index contributed by atoms with van der Waals surface area (Å²) in [5.74, 6) is -0.312. The lowest BCUT2D eigenvalue weighted by Crippen LogP contribution is -2.23. The van der Waals surface area contributed by atoms with E-state index in [1.807, 2.05) is 49.4 Å². The number of likely N-dealkylation sites (N-methyl/N-ethyl adjacent to an activating group) is 1. The van der Waals surface area contributed by atoms with Crippen molar-refractivity contribution < 1.29 is 19.4 Å². The highest BCUT2D eigenvalue weighted by Gasteiger charge is 2.30. The highest BCUT2D eigenvalue weighted by Crippen LogP contribution is 2.36. The number of nitrogens with zero attached hydrogens (tertiary/aromatic N) is 2. The van der Waals surface area contributed by atoms with Gasteiger partial charge in [0.25, 0.3) is 5.91 Å². The van der Waals surface area contributed by atoms with E-state index in [1.54, 1.807) is 19.2 Å². The first-order valence-corrected chi connectivity index (χ1v) is 10.5. The highest BCUT2D eigenvalue weighted by atomic mass is 32.2. The predicted molar refractivity (Wildman–Crippen MR) is 124 cm³/mol. The van der Waals surface area contributed by atoms with E-state index in [1.165, 1.54) is 28.8 Å². The van der Waals surface area contributed by atoms with E-state index in [9.17, 15) is 9.59 Å². The van der Waals surface area contributed by atoms with Crippen molar-refractivity contribution in [3.05, 3.63) is 76.7 Å². The average molecular weight is 433 g/mol. The first kappa shape index (κ1) is 20.7. The van der Waals surface area contributed by atoms with Crippen LogP contribution in [0.25, 0.3) is 16.8 Å². The number of amidine groups is 1. The van der Waals surface area contributed by atoms with Crippen LogP contribution in [0.15, 0.2) is 70.6 Å². The third-order valence-electron chi connectivity index (χ3n) is 4.85. The summed E-state index contributed by atoms with van der Waals surface area (Å²) in [5, 5.41) is 11.6. The van der Waals surface area contributed by atoms with Gasteiger partial charge >= 0.3 is 5.97 Å². The Morgan fingerprint density at radius 1 is 1.10 bits per heavy atom. The van der Waals surface area contributed by atoms with E-state index in [0.717, 1.165) is 22.1 Å². The number of amides is 1. The van der Waals surface area contributed by atoms with Crippen LogP contribution in [0.5, 0.6) is 5.75 Å². The zero-order valence-electron chi connectivity index (χ0n) is 17.0. The summed E-state index contributed by atoms with van der Waals surface area (Å²) in [5.41, 5.74) is 1.70. The summed E-state index contributed by atoms with van der Waals surface area (Å²) in [6.07, 6.45) is 1.87. The molecule has 1 saturated heterocycles. The first-order valence-electron chi connectivity index (χ1n) is 9.72. The predicted octanol–water partition coefficient (Wildman–Crippen LogP) is 5.17. The number of benzene rings is 3. The van der Waals surface area contributed by atoms with E-state index in [0.29, 0.717) is 22.4 Å². The van der Waals surface area contributed by atoms with E-state index >= 15 is 0 Å². The van der Waals surface area contributed by atoms with Gasteiger partial charge in [0.2, 0.25) is 0 Å². The fourth-order valence-corrected chi connectivity index (χ4v) is 4.26. The third kappa shape index (κ3) is 4.18. The SMILES string of the molecule is CCOc1ccc(/C=C2\SC(=Nc3ccc(C(=O)O)cc3)N(C)C2=O)c2ccccc12. The lowest BCUT2D eigenvalue weighted by Gasteiger charge is -2.10. The fraction of sp³-hybridized carbons (Fsp3) is 0.125. The maximum absolute atomic E-state index is 12.8. The molecule has 31 heavy (non-hydrogen) atoms. The van der Waals surface area contributed by atoms with E-state index in [4.69, 9.17) is 9.84 Å². The zero-order valence-corrected chi connectivity index (χ0v) is 17.8. The lowest BCUT2D eigenvalue weighted by molar-refractivity contribution is -0.121. The van der Waals surface area contributed by atoms with Crippen molar-refractivity contribution in [3.63, 3.8) is 0 Å². The monoisotopic (exact) mass is 432 g/mol. The Balaban J connectivity index is 1.67. The Hall–Kier alpha value is -3.58. The molecule has 1 heterocycles. The minimum absolute atomic E-state index is 0.135. The molecule has 0 aromatic heterocycles. The van der Waals surface area contributed by atoms with Gasteiger partial charge in [0, 0.05) is 12.4 Å². The molecule has 0 saturated carbocycles. The summed E-state index contributed by atoms with van der Waals surface area (Å²) in [4.78, 5) is 30.4.